The summed E-state index contributed by atoms with van der Waals surface area (Å²) in [5, 5.41) is 5.08. The summed E-state index contributed by atoms with van der Waals surface area (Å²) >= 11 is 6.85. The fraction of sp³-hybridized carbons (Fsp3) is 0.100. The highest BCUT2D eigenvalue weighted by molar-refractivity contribution is 7.99. The lowest BCUT2D eigenvalue weighted by molar-refractivity contribution is -0.137. The quantitative estimate of drug-likeness (QED) is 0.558. The van der Waals surface area contributed by atoms with Crippen molar-refractivity contribution in [2.45, 2.75) is 16.1 Å². The van der Waals surface area contributed by atoms with Crippen LogP contribution in [-0.4, -0.2) is 28.8 Å². The standard InChI is InChI=1S/C20H14ClF3N4O2S/c1-25-19(30)16-9-13(6-7-26-16)31-17-5-3-12(10-27-17)28-18(29)11-2-4-15(21)14(8-11)20(22,23)24/h2-10H,1H3,(H,25,30)(H,28,29). The number of nitrogens with one attached hydrogen (secondary N) is 2. The lowest BCUT2D eigenvalue weighted by Crippen LogP contribution is -2.18. The van der Waals surface area contributed by atoms with E-state index in [2.05, 4.69) is 20.6 Å². The monoisotopic (exact) mass is 466 g/mol. The van der Waals surface area contributed by atoms with Gasteiger partial charge in [-0.25, -0.2) is 4.98 Å². The Kier molecular flexibility index (Phi) is 6.81. The molecule has 6 nitrogen and oxygen atoms in total. The van der Waals surface area contributed by atoms with Crippen molar-refractivity contribution in [1.82, 2.24) is 15.3 Å². The SMILES string of the molecule is CNC(=O)c1cc(Sc2ccc(NC(=O)c3ccc(Cl)c(C(F)(F)F)c3)cn2)ccn1. The molecular formula is C20H14ClF3N4O2S. The van der Waals surface area contributed by atoms with Crippen LogP contribution in [0.25, 0.3) is 0 Å². The number of pyridine rings is 2. The fourth-order valence-electron chi connectivity index (χ4n) is 2.45. The number of hydrogen-bond donors (Lipinski definition) is 2. The molecule has 160 valence electrons. The van der Waals surface area contributed by atoms with Gasteiger partial charge in [0, 0.05) is 23.7 Å². The number of benzene rings is 1. The molecule has 31 heavy (non-hydrogen) atoms. The Morgan fingerprint density at radius 2 is 1.81 bits per heavy atom. The van der Waals surface area contributed by atoms with E-state index in [1.807, 2.05) is 0 Å². The van der Waals surface area contributed by atoms with Crippen LogP contribution in [0.15, 0.2) is 64.8 Å². The number of amides is 2. The molecule has 1 aromatic carbocycles. The van der Waals surface area contributed by atoms with Crippen molar-refractivity contribution in [2.75, 3.05) is 12.4 Å². The lowest BCUT2D eigenvalue weighted by atomic mass is 10.1. The van der Waals surface area contributed by atoms with E-state index in [1.165, 1.54) is 37.3 Å². The summed E-state index contributed by atoms with van der Waals surface area (Å²) in [5.41, 5.74) is -0.704. The molecule has 0 atom stereocenters. The maximum Gasteiger partial charge on any atom is 0.417 e. The summed E-state index contributed by atoms with van der Waals surface area (Å²) in [5.74, 6) is -1.04. The first-order valence-electron chi connectivity index (χ1n) is 8.67. The average Bonchev–Trinajstić information content (AvgIpc) is 2.74. The second-order valence-electron chi connectivity index (χ2n) is 6.09. The van der Waals surface area contributed by atoms with Crippen LogP contribution in [0.2, 0.25) is 5.02 Å². The van der Waals surface area contributed by atoms with Gasteiger partial charge in [0.15, 0.2) is 0 Å². The second-order valence-corrected chi connectivity index (χ2v) is 7.59. The first-order valence-corrected chi connectivity index (χ1v) is 9.87. The molecule has 0 radical (unpaired) electrons. The van der Waals surface area contributed by atoms with Gasteiger partial charge in [0.1, 0.15) is 10.7 Å². The smallest absolute Gasteiger partial charge is 0.354 e. The van der Waals surface area contributed by atoms with E-state index < -0.39 is 22.7 Å². The van der Waals surface area contributed by atoms with Gasteiger partial charge in [-0.05, 0) is 42.5 Å². The summed E-state index contributed by atoms with van der Waals surface area (Å²) in [7, 11) is 1.51. The highest BCUT2D eigenvalue weighted by Gasteiger charge is 2.33. The van der Waals surface area contributed by atoms with E-state index in [9.17, 15) is 22.8 Å². The molecule has 0 aliphatic carbocycles. The van der Waals surface area contributed by atoms with Gasteiger partial charge in [0.25, 0.3) is 11.8 Å². The summed E-state index contributed by atoms with van der Waals surface area (Å²) < 4.78 is 38.9. The summed E-state index contributed by atoms with van der Waals surface area (Å²) in [6.45, 7) is 0. The largest absolute Gasteiger partial charge is 0.417 e. The molecule has 2 amide bonds. The van der Waals surface area contributed by atoms with Crippen LogP contribution in [0.1, 0.15) is 26.4 Å². The molecule has 0 aliphatic heterocycles. The van der Waals surface area contributed by atoms with Crippen molar-refractivity contribution in [3.05, 3.63) is 76.7 Å². The third kappa shape index (κ3) is 5.74. The summed E-state index contributed by atoms with van der Waals surface area (Å²) in [6.07, 6.45) is -1.79. The van der Waals surface area contributed by atoms with E-state index in [1.54, 1.807) is 24.3 Å². The maximum atomic E-state index is 13.0. The van der Waals surface area contributed by atoms with Gasteiger partial charge in [-0.1, -0.05) is 23.4 Å². The Hall–Kier alpha value is -3.11. The third-order valence-corrected chi connectivity index (χ3v) is 5.21. The van der Waals surface area contributed by atoms with E-state index in [0.717, 1.165) is 11.0 Å². The van der Waals surface area contributed by atoms with E-state index >= 15 is 0 Å². The molecule has 0 fully saturated rings. The number of hydrogen-bond acceptors (Lipinski definition) is 5. The van der Waals surface area contributed by atoms with Crippen LogP contribution in [0.3, 0.4) is 0 Å². The van der Waals surface area contributed by atoms with Crippen LogP contribution in [-0.2, 0) is 6.18 Å². The molecule has 2 N–H and O–H groups in total. The van der Waals surface area contributed by atoms with Crippen LogP contribution in [0.4, 0.5) is 18.9 Å². The highest BCUT2D eigenvalue weighted by Crippen LogP contribution is 2.35. The zero-order valence-electron chi connectivity index (χ0n) is 15.8. The number of nitrogens with zero attached hydrogens (tertiary/aromatic N) is 2. The number of rotatable bonds is 5. The van der Waals surface area contributed by atoms with Crippen molar-refractivity contribution in [3.8, 4) is 0 Å². The van der Waals surface area contributed by atoms with E-state index in [4.69, 9.17) is 11.6 Å². The molecule has 0 unspecified atom stereocenters. The normalized spacial score (nSPS) is 11.1. The maximum absolute atomic E-state index is 13.0. The third-order valence-electron chi connectivity index (χ3n) is 3.94. The van der Waals surface area contributed by atoms with Crippen molar-refractivity contribution >= 4 is 40.9 Å². The number of aromatic nitrogens is 2. The number of carbonyl (C=O) groups excluding carboxylic acids is 2. The van der Waals surface area contributed by atoms with Crippen LogP contribution in [0.5, 0.6) is 0 Å². The predicted molar refractivity (Wildman–Crippen MR) is 110 cm³/mol. The Labute approximate surface area is 184 Å². The predicted octanol–water partition coefficient (Wildman–Crippen LogP) is 4.91. The van der Waals surface area contributed by atoms with E-state index in [0.29, 0.717) is 16.8 Å². The van der Waals surface area contributed by atoms with Crippen LogP contribution < -0.4 is 10.6 Å². The van der Waals surface area contributed by atoms with Crippen LogP contribution in [0, 0.1) is 0 Å². The van der Waals surface area contributed by atoms with Crippen molar-refractivity contribution in [1.29, 1.82) is 0 Å². The molecular weight excluding hydrogens is 453 g/mol. The number of halogens is 4. The molecule has 3 aromatic rings. The molecule has 2 aromatic heterocycles. The Morgan fingerprint density at radius 3 is 2.45 bits per heavy atom. The Morgan fingerprint density at radius 1 is 1.03 bits per heavy atom. The molecule has 3 rings (SSSR count). The molecule has 0 saturated carbocycles. The van der Waals surface area contributed by atoms with Gasteiger partial charge >= 0.3 is 6.18 Å². The Balaban J connectivity index is 1.70. The first-order chi connectivity index (χ1) is 14.7. The molecule has 0 saturated heterocycles. The minimum atomic E-state index is -4.67. The zero-order valence-corrected chi connectivity index (χ0v) is 17.4. The highest BCUT2D eigenvalue weighted by atomic mass is 35.5. The number of carbonyl (C=O) groups is 2. The van der Waals surface area contributed by atoms with Gasteiger partial charge in [-0.15, -0.1) is 0 Å². The molecule has 0 bridgehead atoms. The lowest BCUT2D eigenvalue weighted by Gasteiger charge is -2.11. The zero-order chi connectivity index (χ0) is 22.6. The van der Waals surface area contributed by atoms with Crippen LogP contribution >= 0.6 is 23.4 Å². The van der Waals surface area contributed by atoms with Gasteiger partial charge < -0.3 is 10.6 Å². The van der Waals surface area contributed by atoms with E-state index in [-0.39, 0.29) is 17.2 Å². The molecule has 0 aliphatic rings. The Bertz CT molecular complexity index is 1120. The van der Waals surface area contributed by atoms with Gasteiger partial charge in [-0.3, -0.25) is 14.6 Å². The van der Waals surface area contributed by atoms with Crippen molar-refractivity contribution in [3.63, 3.8) is 0 Å². The topological polar surface area (TPSA) is 84.0 Å². The summed E-state index contributed by atoms with van der Waals surface area (Å²) in [6, 6.07) is 9.45. The molecule has 2 heterocycles. The van der Waals surface area contributed by atoms with Crippen molar-refractivity contribution < 1.29 is 22.8 Å². The second kappa shape index (κ2) is 9.36. The van der Waals surface area contributed by atoms with Gasteiger partial charge in [-0.2, -0.15) is 13.2 Å². The molecule has 0 spiro atoms. The first kappa shape index (κ1) is 22.6. The average molecular weight is 467 g/mol. The van der Waals surface area contributed by atoms with Gasteiger partial charge in [0.05, 0.1) is 22.5 Å². The minimum absolute atomic E-state index is 0.186. The number of alkyl halides is 3. The minimum Gasteiger partial charge on any atom is -0.354 e. The fourth-order valence-corrected chi connectivity index (χ4v) is 3.46. The van der Waals surface area contributed by atoms with Crippen molar-refractivity contribution in [2.24, 2.45) is 0 Å². The number of anilines is 1. The summed E-state index contributed by atoms with van der Waals surface area (Å²) in [4.78, 5) is 32.9. The molecule has 11 heteroatoms. The van der Waals surface area contributed by atoms with Gasteiger partial charge in [0.2, 0.25) is 0 Å².